The Morgan fingerprint density at radius 2 is 1.93 bits per heavy atom. The summed E-state index contributed by atoms with van der Waals surface area (Å²) in [5, 5.41) is 11.9. The standard InChI is InChI=1S/C21H20FN3O3/c1-14-23-9-10-25(14)19-7-5-18(6-8-19)24-20(26)12-16(13-21(27)28)15-3-2-4-17(22)11-15/h2-11,16H,12-13H2,1H3,(H,24,26)(H,27,28). The number of carbonyl (C=O) groups excluding carboxylic acids is 1. The highest BCUT2D eigenvalue weighted by Gasteiger charge is 2.20. The third-order valence-corrected chi connectivity index (χ3v) is 4.43. The topological polar surface area (TPSA) is 84.2 Å². The molecule has 28 heavy (non-hydrogen) atoms. The number of benzene rings is 2. The molecular weight excluding hydrogens is 361 g/mol. The van der Waals surface area contributed by atoms with E-state index < -0.39 is 17.7 Å². The van der Waals surface area contributed by atoms with E-state index in [1.807, 2.05) is 29.8 Å². The fourth-order valence-electron chi connectivity index (χ4n) is 3.07. The molecule has 6 nitrogen and oxygen atoms in total. The molecule has 0 spiro atoms. The lowest BCUT2D eigenvalue weighted by Gasteiger charge is -2.15. The SMILES string of the molecule is Cc1nccn1-c1ccc(NC(=O)CC(CC(=O)O)c2cccc(F)c2)cc1. The van der Waals surface area contributed by atoms with Crippen molar-refractivity contribution < 1.29 is 19.1 Å². The highest BCUT2D eigenvalue weighted by Crippen LogP contribution is 2.25. The number of aromatic nitrogens is 2. The first-order valence-electron chi connectivity index (χ1n) is 8.80. The molecule has 2 N–H and O–H groups in total. The highest BCUT2D eigenvalue weighted by atomic mass is 19.1. The molecule has 7 heteroatoms. The highest BCUT2D eigenvalue weighted by molar-refractivity contribution is 5.91. The number of aliphatic carboxylic acids is 1. The number of hydrogen-bond acceptors (Lipinski definition) is 3. The van der Waals surface area contributed by atoms with Crippen LogP contribution < -0.4 is 5.32 Å². The number of imidazole rings is 1. The molecule has 0 aliphatic rings. The molecular formula is C21H20FN3O3. The van der Waals surface area contributed by atoms with E-state index in [2.05, 4.69) is 10.3 Å². The number of amides is 1. The summed E-state index contributed by atoms with van der Waals surface area (Å²) in [6, 6.07) is 12.9. The number of nitrogens with one attached hydrogen (secondary N) is 1. The number of rotatable bonds is 7. The molecule has 1 atom stereocenters. The summed E-state index contributed by atoms with van der Waals surface area (Å²) < 4.78 is 15.4. The van der Waals surface area contributed by atoms with E-state index >= 15 is 0 Å². The molecule has 2 aromatic carbocycles. The lowest BCUT2D eigenvalue weighted by atomic mass is 9.92. The van der Waals surface area contributed by atoms with Crippen LogP contribution in [0.5, 0.6) is 0 Å². The van der Waals surface area contributed by atoms with Crippen LogP contribution in [0.2, 0.25) is 0 Å². The van der Waals surface area contributed by atoms with Crippen LogP contribution in [0, 0.1) is 12.7 Å². The van der Waals surface area contributed by atoms with Crippen LogP contribution >= 0.6 is 0 Å². The van der Waals surface area contributed by atoms with Crippen LogP contribution in [-0.4, -0.2) is 26.5 Å². The van der Waals surface area contributed by atoms with Crippen LogP contribution in [0.3, 0.4) is 0 Å². The number of halogens is 1. The zero-order chi connectivity index (χ0) is 20.1. The van der Waals surface area contributed by atoms with Gasteiger partial charge in [0.15, 0.2) is 0 Å². The van der Waals surface area contributed by atoms with Crippen molar-refractivity contribution in [3.63, 3.8) is 0 Å². The Kier molecular flexibility index (Phi) is 5.84. The maximum Gasteiger partial charge on any atom is 0.303 e. The summed E-state index contributed by atoms with van der Waals surface area (Å²) in [6.07, 6.45) is 3.24. The lowest BCUT2D eigenvalue weighted by molar-refractivity contribution is -0.137. The van der Waals surface area contributed by atoms with Crippen molar-refractivity contribution in [1.82, 2.24) is 9.55 Å². The van der Waals surface area contributed by atoms with Gasteiger partial charge in [0.1, 0.15) is 11.6 Å². The first kappa shape index (κ1) is 19.3. The smallest absolute Gasteiger partial charge is 0.303 e. The molecule has 0 saturated carbocycles. The minimum Gasteiger partial charge on any atom is -0.481 e. The monoisotopic (exact) mass is 381 g/mol. The number of nitrogens with zero attached hydrogens (tertiary/aromatic N) is 2. The fraction of sp³-hybridized carbons (Fsp3) is 0.190. The maximum absolute atomic E-state index is 13.5. The largest absolute Gasteiger partial charge is 0.481 e. The second-order valence-electron chi connectivity index (χ2n) is 6.49. The number of anilines is 1. The lowest BCUT2D eigenvalue weighted by Crippen LogP contribution is -2.18. The van der Waals surface area contributed by atoms with Crippen molar-refractivity contribution in [1.29, 1.82) is 0 Å². The molecule has 0 aliphatic heterocycles. The van der Waals surface area contributed by atoms with Gasteiger partial charge in [-0.3, -0.25) is 9.59 Å². The van der Waals surface area contributed by atoms with Crippen molar-refractivity contribution in [2.24, 2.45) is 0 Å². The van der Waals surface area contributed by atoms with Gasteiger partial charge in [0.2, 0.25) is 5.91 Å². The molecule has 3 aromatic rings. The number of carboxylic acids is 1. The number of carbonyl (C=O) groups is 2. The Hall–Kier alpha value is -3.48. The van der Waals surface area contributed by atoms with Gasteiger partial charge in [-0.05, 0) is 48.9 Å². The molecule has 0 saturated heterocycles. The quantitative estimate of drug-likeness (QED) is 0.650. The van der Waals surface area contributed by atoms with E-state index in [1.54, 1.807) is 24.4 Å². The predicted octanol–water partition coefficient (Wildman–Crippen LogP) is 3.91. The summed E-state index contributed by atoms with van der Waals surface area (Å²) >= 11 is 0. The predicted molar refractivity (Wildman–Crippen MR) is 103 cm³/mol. The molecule has 3 rings (SSSR count). The van der Waals surface area contributed by atoms with Crippen LogP contribution in [0.25, 0.3) is 5.69 Å². The van der Waals surface area contributed by atoms with E-state index in [4.69, 9.17) is 5.11 Å². The third-order valence-electron chi connectivity index (χ3n) is 4.43. The van der Waals surface area contributed by atoms with E-state index in [9.17, 15) is 14.0 Å². The molecule has 0 aliphatic carbocycles. The Morgan fingerprint density at radius 1 is 1.18 bits per heavy atom. The van der Waals surface area contributed by atoms with E-state index in [0.717, 1.165) is 11.5 Å². The van der Waals surface area contributed by atoms with Gasteiger partial charge in [0.05, 0.1) is 6.42 Å². The maximum atomic E-state index is 13.5. The summed E-state index contributed by atoms with van der Waals surface area (Å²) in [5.41, 5.74) is 2.00. The Balaban J connectivity index is 1.69. The minimum absolute atomic E-state index is 0.0574. The Bertz CT molecular complexity index is 983. The van der Waals surface area contributed by atoms with E-state index in [1.165, 1.54) is 18.2 Å². The molecule has 1 amide bonds. The van der Waals surface area contributed by atoms with Crippen LogP contribution in [0.4, 0.5) is 10.1 Å². The summed E-state index contributed by atoms with van der Waals surface area (Å²) in [5.74, 6) is -1.59. The molecule has 1 unspecified atom stereocenters. The number of carboxylic acid groups (broad SMARTS) is 1. The zero-order valence-electron chi connectivity index (χ0n) is 15.3. The summed E-state index contributed by atoms with van der Waals surface area (Å²) in [7, 11) is 0. The Morgan fingerprint density at radius 3 is 2.54 bits per heavy atom. The van der Waals surface area contributed by atoms with Crippen LogP contribution in [-0.2, 0) is 9.59 Å². The van der Waals surface area contributed by atoms with Crippen LogP contribution in [0.1, 0.15) is 30.1 Å². The van der Waals surface area contributed by atoms with Gasteiger partial charge < -0.3 is 15.0 Å². The van der Waals surface area contributed by atoms with Gasteiger partial charge in [-0.25, -0.2) is 9.37 Å². The number of hydrogen-bond donors (Lipinski definition) is 2. The zero-order valence-corrected chi connectivity index (χ0v) is 15.3. The number of aryl methyl sites for hydroxylation is 1. The second kappa shape index (κ2) is 8.47. The molecule has 1 heterocycles. The average Bonchev–Trinajstić information content (AvgIpc) is 3.07. The van der Waals surface area contributed by atoms with Gasteiger partial charge in [0.25, 0.3) is 0 Å². The first-order chi connectivity index (χ1) is 13.4. The molecule has 0 bridgehead atoms. The van der Waals surface area contributed by atoms with Gasteiger partial charge in [-0.2, -0.15) is 0 Å². The van der Waals surface area contributed by atoms with Crippen molar-refractivity contribution in [3.8, 4) is 5.69 Å². The second-order valence-corrected chi connectivity index (χ2v) is 6.49. The normalized spacial score (nSPS) is 11.8. The van der Waals surface area contributed by atoms with Crippen LogP contribution in [0.15, 0.2) is 60.9 Å². The molecule has 0 radical (unpaired) electrons. The third kappa shape index (κ3) is 4.82. The van der Waals surface area contributed by atoms with Gasteiger partial charge >= 0.3 is 5.97 Å². The van der Waals surface area contributed by atoms with Gasteiger partial charge in [0, 0.05) is 36.1 Å². The molecule has 1 aromatic heterocycles. The minimum atomic E-state index is -1.04. The average molecular weight is 381 g/mol. The van der Waals surface area contributed by atoms with Crippen molar-refractivity contribution >= 4 is 17.6 Å². The molecule has 0 fully saturated rings. The van der Waals surface area contributed by atoms with Crippen molar-refractivity contribution in [3.05, 3.63) is 78.1 Å². The van der Waals surface area contributed by atoms with Gasteiger partial charge in [-0.15, -0.1) is 0 Å². The van der Waals surface area contributed by atoms with Crippen molar-refractivity contribution in [2.75, 3.05) is 5.32 Å². The van der Waals surface area contributed by atoms with E-state index in [0.29, 0.717) is 11.3 Å². The first-order valence-corrected chi connectivity index (χ1v) is 8.80. The fourth-order valence-corrected chi connectivity index (χ4v) is 3.07. The Labute approximate surface area is 161 Å². The molecule has 144 valence electrons. The summed E-state index contributed by atoms with van der Waals surface area (Å²) in [6.45, 7) is 1.89. The van der Waals surface area contributed by atoms with Crippen molar-refractivity contribution in [2.45, 2.75) is 25.7 Å². The van der Waals surface area contributed by atoms with E-state index in [-0.39, 0.29) is 18.7 Å². The van der Waals surface area contributed by atoms with Gasteiger partial charge in [-0.1, -0.05) is 12.1 Å². The summed E-state index contributed by atoms with van der Waals surface area (Å²) in [4.78, 5) is 27.7.